The van der Waals surface area contributed by atoms with Crippen LogP contribution in [0.2, 0.25) is 0 Å². The van der Waals surface area contributed by atoms with Crippen molar-refractivity contribution >= 4 is 18.6 Å². The SMILES string of the molecule is C=CC[n+]1nc(C)sc1C.F[B-](F)(F)F. The van der Waals surface area contributed by atoms with Crippen molar-refractivity contribution in [3.8, 4) is 0 Å². The summed E-state index contributed by atoms with van der Waals surface area (Å²) in [5.41, 5.74) is 0. The highest BCUT2D eigenvalue weighted by Crippen LogP contribution is 2.06. The van der Waals surface area contributed by atoms with Crippen molar-refractivity contribution in [2.75, 3.05) is 0 Å². The minimum atomic E-state index is -6.00. The van der Waals surface area contributed by atoms with E-state index in [1.807, 2.05) is 17.7 Å². The van der Waals surface area contributed by atoms with Crippen LogP contribution in [0.4, 0.5) is 17.3 Å². The number of rotatable bonds is 2. The Morgan fingerprint density at radius 2 is 1.87 bits per heavy atom. The van der Waals surface area contributed by atoms with Crippen LogP contribution in [0.25, 0.3) is 0 Å². The molecular formula is C7H11BF4N2S. The smallest absolute Gasteiger partial charge is 0.418 e. The molecule has 0 spiro atoms. The highest BCUT2D eigenvalue weighted by atomic mass is 32.1. The van der Waals surface area contributed by atoms with Crippen LogP contribution < -0.4 is 4.68 Å². The van der Waals surface area contributed by atoms with Crippen LogP contribution in [-0.2, 0) is 6.54 Å². The number of aromatic nitrogens is 2. The number of nitrogens with zero attached hydrogens (tertiary/aromatic N) is 2. The number of aryl methyl sites for hydroxylation is 2. The van der Waals surface area contributed by atoms with Gasteiger partial charge >= 0.3 is 7.25 Å². The molecule has 0 aliphatic carbocycles. The molecule has 0 unspecified atom stereocenters. The fourth-order valence-electron chi connectivity index (χ4n) is 0.819. The van der Waals surface area contributed by atoms with E-state index in [2.05, 4.69) is 18.6 Å². The van der Waals surface area contributed by atoms with E-state index in [1.165, 1.54) is 5.01 Å². The van der Waals surface area contributed by atoms with Crippen molar-refractivity contribution in [3.63, 3.8) is 0 Å². The summed E-state index contributed by atoms with van der Waals surface area (Å²) in [6, 6.07) is 0. The van der Waals surface area contributed by atoms with Gasteiger partial charge < -0.3 is 17.3 Å². The zero-order chi connectivity index (χ0) is 12.1. The highest BCUT2D eigenvalue weighted by Gasteiger charge is 2.20. The van der Waals surface area contributed by atoms with Gasteiger partial charge in [-0.1, -0.05) is 22.6 Å². The van der Waals surface area contributed by atoms with Gasteiger partial charge in [0.05, 0.1) is 0 Å². The lowest BCUT2D eigenvalue weighted by molar-refractivity contribution is -0.745. The molecule has 1 aromatic heterocycles. The molecule has 0 aliphatic heterocycles. The molecule has 15 heavy (non-hydrogen) atoms. The van der Waals surface area contributed by atoms with Crippen LogP contribution in [0.5, 0.6) is 0 Å². The molecule has 0 amide bonds. The van der Waals surface area contributed by atoms with Gasteiger partial charge in [0.15, 0.2) is 11.6 Å². The predicted octanol–water partition coefficient (Wildman–Crippen LogP) is 2.53. The van der Waals surface area contributed by atoms with E-state index in [-0.39, 0.29) is 0 Å². The molecule has 0 radical (unpaired) electrons. The molecule has 0 fully saturated rings. The Kier molecular flexibility index (Phi) is 5.49. The zero-order valence-corrected chi connectivity index (χ0v) is 9.20. The van der Waals surface area contributed by atoms with Crippen molar-refractivity contribution < 1.29 is 21.9 Å². The Hall–Kier alpha value is -0.915. The summed E-state index contributed by atoms with van der Waals surface area (Å²) in [5, 5.41) is 6.61. The van der Waals surface area contributed by atoms with E-state index in [0.29, 0.717) is 0 Å². The largest absolute Gasteiger partial charge is 0.673 e. The molecule has 0 atom stereocenters. The zero-order valence-electron chi connectivity index (χ0n) is 8.38. The van der Waals surface area contributed by atoms with Crippen LogP contribution in [0.3, 0.4) is 0 Å². The van der Waals surface area contributed by atoms with Crippen LogP contribution in [0.1, 0.15) is 10.0 Å². The maximum atomic E-state index is 9.75. The van der Waals surface area contributed by atoms with E-state index >= 15 is 0 Å². The lowest BCUT2D eigenvalue weighted by Gasteiger charge is -1.94. The molecule has 1 rings (SSSR count). The third-order valence-corrected chi connectivity index (χ3v) is 2.11. The van der Waals surface area contributed by atoms with Gasteiger partial charge in [0.1, 0.15) is 0 Å². The Morgan fingerprint density at radius 1 is 1.40 bits per heavy atom. The average Bonchev–Trinajstić information content (AvgIpc) is 2.27. The summed E-state index contributed by atoms with van der Waals surface area (Å²) in [5.74, 6) is 0. The van der Waals surface area contributed by atoms with Crippen molar-refractivity contribution in [2.45, 2.75) is 20.4 Å². The molecule has 8 heteroatoms. The minimum absolute atomic E-state index is 0.816. The minimum Gasteiger partial charge on any atom is -0.418 e. The molecule has 86 valence electrons. The van der Waals surface area contributed by atoms with Crippen molar-refractivity contribution in [2.24, 2.45) is 0 Å². The third-order valence-electron chi connectivity index (χ3n) is 1.22. The fraction of sp³-hybridized carbons (Fsp3) is 0.429. The quantitative estimate of drug-likeness (QED) is 0.337. The van der Waals surface area contributed by atoms with E-state index in [0.717, 1.165) is 11.6 Å². The lowest BCUT2D eigenvalue weighted by Crippen LogP contribution is -2.37. The summed E-state index contributed by atoms with van der Waals surface area (Å²) in [7, 11) is -6.00. The van der Waals surface area contributed by atoms with Crippen LogP contribution in [0, 0.1) is 13.8 Å². The summed E-state index contributed by atoms with van der Waals surface area (Å²) >= 11 is 1.71. The van der Waals surface area contributed by atoms with Gasteiger partial charge in [0.25, 0.3) is 5.01 Å². The van der Waals surface area contributed by atoms with Crippen molar-refractivity contribution in [1.29, 1.82) is 0 Å². The second-order valence-electron chi connectivity index (χ2n) is 2.61. The summed E-state index contributed by atoms with van der Waals surface area (Å²) in [4.78, 5) is 0. The maximum absolute atomic E-state index is 9.75. The van der Waals surface area contributed by atoms with Crippen molar-refractivity contribution in [1.82, 2.24) is 5.10 Å². The first kappa shape index (κ1) is 14.1. The second-order valence-corrected chi connectivity index (χ2v) is 3.99. The summed E-state index contributed by atoms with van der Waals surface area (Å²) < 4.78 is 41.0. The molecule has 1 heterocycles. The highest BCUT2D eigenvalue weighted by molar-refractivity contribution is 7.10. The van der Waals surface area contributed by atoms with Gasteiger partial charge in [-0.25, -0.2) is 0 Å². The van der Waals surface area contributed by atoms with E-state index in [4.69, 9.17) is 0 Å². The first-order valence-corrected chi connectivity index (χ1v) is 4.88. The first-order valence-electron chi connectivity index (χ1n) is 4.06. The van der Waals surface area contributed by atoms with Gasteiger partial charge in [0.2, 0.25) is 0 Å². The molecule has 1 aromatic rings. The Bertz CT molecular complexity index is 317. The predicted molar refractivity (Wildman–Crippen MR) is 52.2 cm³/mol. The average molecular weight is 242 g/mol. The van der Waals surface area contributed by atoms with Gasteiger partial charge in [-0.15, -0.1) is 0 Å². The number of halogens is 4. The molecule has 2 nitrogen and oxygen atoms in total. The monoisotopic (exact) mass is 242 g/mol. The van der Waals surface area contributed by atoms with Gasteiger partial charge in [-0.2, -0.15) is 0 Å². The Balaban J connectivity index is 0.000000336. The van der Waals surface area contributed by atoms with Crippen LogP contribution in [-0.4, -0.2) is 12.4 Å². The normalized spacial score (nSPS) is 10.5. The molecule has 0 saturated heterocycles. The molecule has 0 N–H and O–H groups in total. The van der Waals surface area contributed by atoms with Crippen LogP contribution >= 0.6 is 11.3 Å². The third kappa shape index (κ3) is 8.10. The molecule has 0 aliphatic rings. The van der Waals surface area contributed by atoms with E-state index < -0.39 is 7.25 Å². The fourth-order valence-corrected chi connectivity index (χ4v) is 1.61. The Morgan fingerprint density at radius 3 is 2.13 bits per heavy atom. The summed E-state index contributed by atoms with van der Waals surface area (Å²) in [6.07, 6.45) is 1.85. The van der Waals surface area contributed by atoms with E-state index in [1.54, 1.807) is 11.3 Å². The lowest BCUT2D eigenvalue weighted by atomic mass is 10.3. The van der Waals surface area contributed by atoms with Gasteiger partial charge in [0, 0.05) is 12.0 Å². The van der Waals surface area contributed by atoms with Crippen LogP contribution in [0.15, 0.2) is 12.7 Å². The van der Waals surface area contributed by atoms with Gasteiger partial charge in [-0.3, -0.25) is 0 Å². The van der Waals surface area contributed by atoms with E-state index in [9.17, 15) is 17.3 Å². The number of hydrogen-bond acceptors (Lipinski definition) is 2. The Labute approximate surface area is 89.3 Å². The summed E-state index contributed by atoms with van der Waals surface area (Å²) in [6.45, 7) is 8.54. The first-order chi connectivity index (χ1) is 6.74. The maximum Gasteiger partial charge on any atom is 0.673 e. The number of allylic oxidation sites excluding steroid dienone is 1. The van der Waals surface area contributed by atoms with Gasteiger partial charge in [-0.05, 0) is 13.0 Å². The topological polar surface area (TPSA) is 16.8 Å². The number of hydrogen-bond donors (Lipinski definition) is 0. The molecule has 0 aromatic carbocycles. The molecule has 0 bridgehead atoms. The molecule has 0 saturated carbocycles. The van der Waals surface area contributed by atoms with Crippen molar-refractivity contribution in [3.05, 3.63) is 22.7 Å². The molecular weight excluding hydrogens is 231 g/mol. The standard InChI is InChI=1S/C7H11N2S.BF4/c1-4-5-9-7(3)10-6(2)8-9;2-1(3,4)5/h4H,1,5H2,2-3H3;/q+1;-1. The second kappa shape index (κ2) is 5.84.